The number of hydrogen-bond acceptors (Lipinski definition) is 6. The normalized spacial score (nSPS) is 11.0. The maximum absolute atomic E-state index is 11.7. The van der Waals surface area contributed by atoms with Crippen LogP contribution in [0.2, 0.25) is 0 Å². The highest BCUT2D eigenvalue weighted by atomic mass is 28.2. The minimum absolute atomic E-state index is 0.163. The molecular formula is C21H40O6Si. The summed E-state index contributed by atoms with van der Waals surface area (Å²) >= 11 is 0. The van der Waals surface area contributed by atoms with Crippen LogP contribution in [0, 0.1) is 0 Å². The molecule has 28 heavy (non-hydrogen) atoms. The van der Waals surface area contributed by atoms with Crippen molar-refractivity contribution in [3.05, 3.63) is 0 Å². The Bertz CT molecular complexity index is 408. The van der Waals surface area contributed by atoms with E-state index < -0.39 is 9.29 Å². The highest BCUT2D eigenvalue weighted by molar-refractivity contribution is 5.94. The van der Waals surface area contributed by atoms with E-state index in [2.05, 4.69) is 13.8 Å². The largest absolute Gasteiger partial charge is 0.549 e. The van der Waals surface area contributed by atoms with E-state index in [9.17, 15) is 9.59 Å². The van der Waals surface area contributed by atoms with E-state index in [1.807, 2.05) is 0 Å². The summed E-state index contributed by atoms with van der Waals surface area (Å²) in [5.74, 6) is -0.372. The number of esters is 2. The molecule has 0 bridgehead atoms. The van der Waals surface area contributed by atoms with E-state index in [1.165, 1.54) is 51.4 Å². The monoisotopic (exact) mass is 416 g/mol. The van der Waals surface area contributed by atoms with Gasteiger partial charge in [-0.15, -0.1) is 0 Å². The molecule has 0 radical (unpaired) electrons. The Balaban J connectivity index is 0. The van der Waals surface area contributed by atoms with Gasteiger partial charge in [-0.2, -0.15) is 0 Å². The number of rotatable bonds is 17. The van der Waals surface area contributed by atoms with Crippen LogP contribution in [0.4, 0.5) is 0 Å². The van der Waals surface area contributed by atoms with Gasteiger partial charge in [0.25, 0.3) is 0 Å². The number of carbonyl (C=O) groups excluding carboxylic acids is 2. The fraction of sp³-hybridized carbons (Fsp3) is 0.905. The third-order valence-corrected chi connectivity index (χ3v) is 4.28. The first-order valence-electron chi connectivity index (χ1n) is 10.9. The molecule has 0 saturated carbocycles. The number of carbonyl (C=O) groups is 2. The van der Waals surface area contributed by atoms with Crippen LogP contribution in [0.1, 0.15) is 111 Å². The molecule has 0 aliphatic carbocycles. The summed E-state index contributed by atoms with van der Waals surface area (Å²) in [6.45, 7) is 6.32. The molecule has 0 aromatic carbocycles. The predicted octanol–water partition coefficient (Wildman–Crippen LogP) is 5.34. The van der Waals surface area contributed by atoms with Gasteiger partial charge in [-0.1, -0.05) is 78.1 Å². The zero-order chi connectivity index (χ0) is 21.5. The number of ether oxygens (including phenoxy) is 2. The summed E-state index contributed by atoms with van der Waals surface area (Å²) in [6, 6.07) is 0. The van der Waals surface area contributed by atoms with Crippen LogP contribution in [0.5, 0.6) is 0 Å². The SMILES string of the molecule is CCCCCCCCCC(=O)OC(C)COC(=O)CCCCCCC.O=[Si]=O. The topological polar surface area (TPSA) is 86.7 Å². The van der Waals surface area contributed by atoms with Crippen LogP contribution in [0.25, 0.3) is 0 Å². The second kappa shape index (κ2) is 23.8. The van der Waals surface area contributed by atoms with Crippen LogP contribution in [0.15, 0.2) is 0 Å². The summed E-state index contributed by atoms with van der Waals surface area (Å²) in [6.07, 6.45) is 14.4. The highest BCUT2D eigenvalue weighted by Gasteiger charge is 2.12. The quantitative estimate of drug-likeness (QED) is 0.181. The van der Waals surface area contributed by atoms with E-state index in [1.54, 1.807) is 6.92 Å². The summed E-state index contributed by atoms with van der Waals surface area (Å²) in [5.41, 5.74) is 0. The van der Waals surface area contributed by atoms with Crippen LogP contribution in [0.3, 0.4) is 0 Å². The maximum atomic E-state index is 11.7. The summed E-state index contributed by atoms with van der Waals surface area (Å²) in [7, 11) is -1.42. The average Bonchev–Trinajstić information content (AvgIpc) is 2.66. The van der Waals surface area contributed by atoms with Crippen molar-refractivity contribution in [2.75, 3.05) is 6.61 Å². The Hall–Kier alpha value is -1.24. The van der Waals surface area contributed by atoms with Crippen molar-refractivity contribution >= 4 is 21.2 Å². The lowest BCUT2D eigenvalue weighted by Gasteiger charge is -2.13. The fourth-order valence-electron chi connectivity index (χ4n) is 2.70. The van der Waals surface area contributed by atoms with E-state index in [-0.39, 0.29) is 24.6 Å². The molecule has 0 rings (SSSR count). The predicted molar refractivity (Wildman–Crippen MR) is 110 cm³/mol. The molecule has 0 aromatic rings. The molecule has 0 fully saturated rings. The summed E-state index contributed by atoms with van der Waals surface area (Å²) < 4.78 is 27.3. The Morgan fingerprint density at radius 3 is 1.57 bits per heavy atom. The van der Waals surface area contributed by atoms with E-state index in [4.69, 9.17) is 18.4 Å². The number of unbranched alkanes of at least 4 members (excludes halogenated alkanes) is 10. The van der Waals surface area contributed by atoms with E-state index in [0.29, 0.717) is 12.8 Å². The highest BCUT2D eigenvalue weighted by Crippen LogP contribution is 2.10. The minimum Gasteiger partial charge on any atom is -0.462 e. The first-order chi connectivity index (χ1) is 13.5. The third kappa shape index (κ3) is 24.8. The molecule has 0 aliphatic rings. The maximum Gasteiger partial charge on any atom is 0.549 e. The zero-order valence-electron chi connectivity index (χ0n) is 18.1. The average molecular weight is 417 g/mol. The molecule has 0 N–H and O–H groups in total. The van der Waals surface area contributed by atoms with Crippen molar-refractivity contribution in [2.24, 2.45) is 0 Å². The molecule has 0 aliphatic heterocycles. The van der Waals surface area contributed by atoms with Gasteiger partial charge in [0.2, 0.25) is 0 Å². The van der Waals surface area contributed by atoms with Gasteiger partial charge in [0.1, 0.15) is 12.7 Å². The van der Waals surface area contributed by atoms with Crippen LogP contribution in [-0.4, -0.2) is 33.9 Å². The second-order valence-electron chi connectivity index (χ2n) is 7.10. The smallest absolute Gasteiger partial charge is 0.462 e. The molecule has 1 unspecified atom stereocenters. The van der Waals surface area contributed by atoms with Gasteiger partial charge in [0.05, 0.1) is 0 Å². The van der Waals surface area contributed by atoms with Crippen molar-refractivity contribution in [3.8, 4) is 0 Å². The molecule has 164 valence electrons. The van der Waals surface area contributed by atoms with Crippen molar-refractivity contribution in [1.82, 2.24) is 0 Å². The van der Waals surface area contributed by atoms with Crippen molar-refractivity contribution in [1.29, 1.82) is 0 Å². The van der Waals surface area contributed by atoms with Crippen LogP contribution in [-0.2, 0) is 28.0 Å². The van der Waals surface area contributed by atoms with Gasteiger partial charge in [-0.3, -0.25) is 18.5 Å². The molecule has 6 nitrogen and oxygen atoms in total. The molecular weight excluding hydrogens is 376 g/mol. The van der Waals surface area contributed by atoms with Crippen molar-refractivity contribution in [3.63, 3.8) is 0 Å². The molecule has 0 aromatic heterocycles. The Morgan fingerprint density at radius 1 is 0.714 bits per heavy atom. The minimum atomic E-state index is -1.42. The van der Waals surface area contributed by atoms with Gasteiger partial charge in [-0.05, 0) is 19.8 Å². The lowest BCUT2D eigenvalue weighted by atomic mass is 10.1. The third-order valence-electron chi connectivity index (χ3n) is 4.28. The fourth-order valence-corrected chi connectivity index (χ4v) is 2.70. The molecule has 0 saturated heterocycles. The zero-order valence-corrected chi connectivity index (χ0v) is 19.1. The van der Waals surface area contributed by atoms with Gasteiger partial charge in [0.15, 0.2) is 0 Å². The van der Waals surface area contributed by atoms with E-state index >= 15 is 0 Å². The van der Waals surface area contributed by atoms with Crippen LogP contribution < -0.4 is 0 Å². The van der Waals surface area contributed by atoms with Gasteiger partial charge < -0.3 is 9.47 Å². The van der Waals surface area contributed by atoms with Gasteiger partial charge >= 0.3 is 21.2 Å². The van der Waals surface area contributed by atoms with Crippen molar-refractivity contribution < 1.29 is 28.0 Å². The Labute approximate surface area is 173 Å². The summed E-state index contributed by atoms with van der Waals surface area (Å²) in [5, 5.41) is 0. The summed E-state index contributed by atoms with van der Waals surface area (Å²) in [4.78, 5) is 23.4. The lowest BCUT2D eigenvalue weighted by molar-refractivity contribution is -0.158. The first kappa shape index (κ1) is 29.0. The molecule has 0 spiro atoms. The van der Waals surface area contributed by atoms with E-state index in [0.717, 1.165) is 25.7 Å². The standard InChI is InChI=1S/C21H40O4.O2Si/c1-4-6-8-10-11-13-15-17-21(23)25-19(3)18-24-20(22)16-14-12-9-7-5-2;1-3-2/h19H,4-18H2,1-3H3;. The number of hydrogen-bond donors (Lipinski definition) is 0. The molecule has 0 amide bonds. The van der Waals surface area contributed by atoms with Crippen LogP contribution >= 0.6 is 0 Å². The van der Waals surface area contributed by atoms with Crippen molar-refractivity contribution in [2.45, 2.75) is 117 Å². The Morgan fingerprint density at radius 2 is 1.11 bits per heavy atom. The Kier molecular flexibility index (Phi) is 24.6. The first-order valence-corrected chi connectivity index (χ1v) is 11.7. The molecule has 0 heterocycles. The molecule has 1 atom stereocenters. The second-order valence-corrected chi connectivity index (χ2v) is 7.27. The van der Waals surface area contributed by atoms with Gasteiger partial charge in [-0.25, -0.2) is 0 Å². The lowest BCUT2D eigenvalue weighted by Crippen LogP contribution is -2.22. The van der Waals surface area contributed by atoms with Gasteiger partial charge in [0, 0.05) is 12.8 Å². The molecule has 7 heteroatoms.